The quantitative estimate of drug-likeness (QED) is 0.901. The number of nitrogens with one attached hydrogen (secondary N) is 1. The fourth-order valence-electron chi connectivity index (χ4n) is 2.63. The Morgan fingerprint density at radius 3 is 2.83 bits per heavy atom. The maximum atomic E-state index is 13.0. The Kier molecular flexibility index (Phi) is 4.75. The average Bonchev–Trinajstić information content (AvgIpc) is 2.87. The van der Waals surface area contributed by atoms with Gasteiger partial charge in [-0.25, -0.2) is 13.4 Å². The van der Waals surface area contributed by atoms with E-state index in [1.807, 2.05) is 32.0 Å². The number of aryl methyl sites for hydroxylation is 2. The highest BCUT2D eigenvalue weighted by molar-refractivity contribution is 7.91. The van der Waals surface area contributed by atoms with Crippen molar-refractivity contribution in [2.45, 2.75) is 24.2 Å². The number of rotatable bonds is 3. The zero-order valence-electron chi connectivity index (χ0n) is 12.9. The Morgan fingerprint density at radius 1 is 1.39 bits per heavy atom. The Morgan fingerprint density at radius 2 is 2.17 bits per heavy atom. The number of aromatic nitrogens is 1. The van der Waals surface area contributed by atoms with Crippen molar-refractivity contribution >= 4 is 33.0 Å². The van der Waals surface area contributed by atoms with E-state index in [1.165, 1.54) is 15.6 Å². The molecule has 2 heterocycles. The van der Waals surface area contributed by atoms with Gasteiger partial charge in [-0.05, 0) is 31.5 Å². The van der Waals surface area contributed by atoms with E-state index < -0.39 is 10.0 Å². The lowest BCUT2D eigenvalue weighted by atomic mass is 10.1. The van der Waals surface area contributed by atoms with Gasteiger partial charge in [0.05, 0.1) is 11.7 Å². The van der Waals surface area contributed by atoms with Crippen LogP contribution in [0.5, 0.6) is 0 Å². The topological polar surface area (TPSA) is 62.3 Å². The maximum absolute atomic E-state index is 13.0. The molecule has 0 saturated carbocycles. The Balaban J connectivity index is 2.01. The monoisotopic (exact) mass is 371 g/mol. The van der Waals surface area contributed by atoms with E-state index >= 15 is 0 Å². The van der Waals surface area contributed by atoms with Crippen LogP contribution in [0.4, 0.5) is 0 Å². The van der Waals surface area contributed by atoms with Crippen molar-refractivity contribution in [3.05, 3.63) is 45.4 Å². The van der Waals surface area contributed by atoms with Crippen LogP contribution in [0.2, 0.25) is 5.02 Å². The molecule has 1 atom stereocenters. The summed E-state index contributed by atoms with van der Waals surface area (Å²) in [5.74, 6) is 0. The first kappa shape index (κ1) is 16.9. The highest BCUT2D eigenvalue weighted by atomic mass is 35.5. The molecule has 1 aromatic heterocycles. The van der Waals surface area contributed by atoms with Gasteiger partial charge in [0.25, 0.3) is 10.0 Å². The standard InChI is InChI=1S/C15H18ClN3O2S2/c1-10-11(2)22-15(18-10)23(20,21)19-7-6-17-9-14(19)12-4-3-5-13(16)8-12/h3-5,8,14,17H,6-7,9H2,1-2H3. The number of hydrogen-bond donors (Lipinski definition) is 1. The first-order chi connectivity index (χ1) is 10.9. The Labute approximate surface area is 145 Å². The molecule has 0 amide bonds. The fourth-order valence-corrected chi connectivity index (χ4v) is 5.86. The number of halogens is 1. The van der Waals surface area contributed by atoms with Gasteiger partial charge in [0, 0.05) is 29.5 Å². The van der Waals surface area contributed by atoms with E-state index in [4.69, 9.17) is 11.6 Å². The molecule has 2 aromatic rings. The third-order valence-electron chi connectivity index (χ3n) is 3.97. The van der Waals surface area contributed by atoms with Crippen molar-refractivity contribution in [2.75, 3.05) is 19.6 Å². The van der Waals surface area contributed by atoms with Crippen molar-refractivity contribution in [1.29, 1.82) is 0 Å². The molecule has 0 spiro atoms. The molecule has 8 heteroatoms. The van der Waals surface area contributed by atoms with Crippen LogP contribution < -0.4 is 5.32 Å². The first-order valence-electron chi connectivity index (χ1n) is 7.31. The van der Waals surface area contributed by atoms with E-state index in [2.05, 4.69) is 10.3 Å². The van der Waals surface area contributed by atoms with Gasteiger partial charge in [-0.1, -0.05) is 23.7 Å². The number of thiazole rings is 1. The molecule has 0 bridgehead atoms. The fraction of sp³-hybridized carbons (Fsp3) is 0.400. The number of nitrogens with zero attached hydrogens (tertiary/aromatic N) is 2. The Hall–Kier alpha value is -0.990. The van der Waals surface area contributed by atoms with Gasteiger partial charge in [0.2, 0.25) is 4.34 Å². The summed E-state index contributed by atoms with van der Waals surface area (Å²) in [6, 6.07) is 7.07. The highest BCUT2D eigenvalue weighted by Gasteiger charge is 2.36. The third kappa shape index (κ3) is 3.29. The molecule has 23 heavy (non-hydrogen) atoms. The van der Waals surface area contributed by atoms with Crippen LogP contribution in [-0.2, 0) is 10.0 Å². The van der Waals surface area contributed by atoms with E-state index in [1.54, 1.807) is 6.07 Å². The van der Waals surface area contributed by atoms with Crippen LogP contribution in [0, 0.1) is 13.8 Å². The summed E-state index contributed by atoms with van der Waals surface area (Å²) in [5, 5.41) is 3.86. The van der Waals surface area contributed by atoms with Gasteiger partial charge in [-0.3, -0.25) is 0 Å². The molecule has 1 fully saturated rings. The molecule has 1 aromatic carbocycles. The largest absolute Gasteiger partial charge is 0.313 e. The number of hydrogen-bond acceptors (Lipinski definition) is 5. The van der Waals surface area contributed by atoms with E-state index in [0.29, 0.717) is 24.7 Å². The lowest BCUT2D eigenvalue weighted by Gasteiger charge is -2.34. The normalized spacial score (nSPS) is 19.9. The van der Waals surface area contributed by atoms with E-state index in [0.717, 1.165) is 16.1 Å². The molecule has 124 valence electrons. The molecule has 1 N–H and O–H groups in total. The Bertz CT molecular complexity index is 800. The summed E-state index contributed by atoms with van der Waals surface area (Å²) in [6.45, 7) is 5.31. The van der Waals surface area contributed by atoms with Crippen LogP contribution in [0.1, 0.15) is 22.2 Å². The molecule has 1 saturated heterocycles. The van der Waals surface area contributed by atoms with E-state index in [9.17, 15) is 8.42 Å². The number of benzene rings is 1. The number of piperazine rings is 1. The second kappa shape index (κ2) is 6.49. The van der Waals surface area contributed by atoms with Crippen LogP contribution in [0.25, 0.3) is 0 Å². The van der Waals surface area contributed by atoms with Crippen molar-refractivity contribution in [2.24, 2.45) is 0 Å². The van der Waals surface area contributed by atoms with Gasteiger partial charge in [0.1, 0.15) is 0 Å². The predicted octanol–water partition coefficient (Wildman–Crippen LogP) is 2.75. The summed E-state index contributed by atoms with van der Waals surface area (Å²) in [5.41, 5.74) is 1.65. The van der Waals surface area contributed by atoms with Crippen LogP contribution in [0.15, 0.2) is 28.6 Å². The summed E-state index contributed by atoms with van der Waals surface area (Å²) < 4.78 is 27.8. The molecule has 1 aliphatic heterocycles. The minimum Gasteiger partial charge on any atom is -0.313 e. The zero-order chi connectivity index (χ0) is 16.6. The average molecular weight is 372 g/mol. The molecule has 1 aliphatic rings. The highest BCUT2D eigenvalue weighted by Crippen LogP contribution is 2.32. The van der Waals surface area contributed by atoms with Crippen LogP contribution in [-0.4, -0.2) is 37.3 Å². The van der Waals surface area contributed by atoms with Gasteiger partial charge in [-0.15, -0.1) is 11.3 Å². The second-order valence-corrected chi connectivity index (χ2v) is 9.22. The van der Waals surface area contributed by atoms with Crippen LogP contribution in [0.3, 0.4) is 0 Å². The van der Waals surface area contributed by atoms with Crippen molar-refractivity contribution in [3.8, 4) is 0 Å². The van der Waals surface area contributed by atoms with Gasteiger partial charge < -0.3 is 5.32 Å². The maximum Gasteiger partial charge on any atom is 0.271 e. The van der Waals surface area contributed by atoms with Gasteiger partial charge in [-0.2, -0.15) is 4.31 Å². The van der Waals surface area contributed by atoms with Crippen molar-refractivity contribution in [3.63, 3.8) is 0 Å². The smallest absolute Gasteiger partial charge is 0.271 e. The van der Waals surface area contributed by atoms with E-state index in [-0.39, 0.29) is 10.4 Å². The third-order valence-corrected chi connectivity index (χ3v) is 7.54. The SMILES string of the molecule is Cc1nc(S(=O)(=O)N2CCNCC2c2cccc(Cl)c2)sc1C. The molecular formula is C15H18ClN3O2S2. The lowest BCUT2D eigenvalue weighted by molar-refractivity contribution is 0.271. The molecular weight excluding hydrogens is 354 g/mol. The minimum absolute atomic E-state index is 0.168. The molecule has 5 nitrogen and oxygen atoms in total. The summed E-state index contributed by atoms with van der Waals surface area (Å²) in [4.78, 5) is 5.17. The predicted molar refractivity (Wildman–Crippen MR) is 92.5 cm³/mol. The first-order valence-corrected chi connectivity index (χ1v) is 9.95. The molecule has 0 aliphatic carbocycles. The lowest BCUT2D eigenvalue weighted by Crippen LogP contribution is -2.48. The molecule has 1 unspecified atom stereocenters. The minimum atomic E-state index is -3.62. The summed E-state index contributed by atoms with van der Waals surface area (Å²) in [6.07, 6.45) is 0. The summed E-state index contributed by atoms with van der Waals surface area (Å²) in [7, 11) is -3.62. The van der Waals surface area contributed by atoms with Crippen molar-refractivity contribution < 1.29 is 8.42 Å². The van der Waals surface area contributed by atoms with Crippen LogP contribution >= 0.6 is 22.9 Å². The van der Waals surface area contributed by atoms with Crippen molar-refractivity contribution in [1.82, 2.24) is 14.6 Å². The second-order valence-electron chi connectivity index (χ2n) is 5.51. The number of sulfonamides is 1. The zero-order valence-corrected chi connectivity index (χ0v) is 15.3. The van der Waals surface area contributed by atoms with Gasteiger partial charge >= 0.3 is 0 Å². The van der Waals surface area contributed by atoms with Gasteiger partial charge in [0.15, 0.2) is 0 Å². The molecule has 3 rings (SSSR count). The molecule has 0 radical (unpaired) electrons. The summed E-state index contributed by atoms with van der Waals surface area (Å²) >= 11 is 7.30.